The van der Waals surface area contributed by atoms with Gasteiger partial charge in [0.2, 0.25) is 0 Å². The molecule has 1 aromatic carbocycles. The van der Waals surface area contributed by atoms with E-state index in [1.54, 1.807) is 0 Å². The Morgan fingerprint density at radius 2 is 1.80 bits per heavy atom. The average Bonchev–Trinajstić information content (AvgIpc) is 2.47. The number of rotatable bonds is 3. The van der Waals surface area contributed by atoms with E-state index in [-0.39, 0.29) is 17.4 Å². The van der Waals surface area contributed by atoms with Crippen LogP contribution in [0.2, 0.25) is 0 Å². The minimum absolute atomic E-state index is 0.0121. The molecule has 0 saturated carbocycles. The van der Waals surface area contributed by atoms with E-state index in [1.807, 2.05) is 0 Å². The first-order chi connectivity index (χ1) is 9.45. The fourth-order valence-electron chi connectivity index (χ4n) is 2.88. The summed E-state index contributed by atoms with van der Waals surface area (Å²) in [6, 6.07) is 8.49. The maximum Gasteiger partial charge on any atom is 0.308 e. The molecule has 1 fully saturated rings. The molecule has 0 radical (unpaired) electrons. The predicted octanol–water partition coefficient (Wildman–Crippen LogP) is 3.57. The van der Waals surface area contributed by atoms with Crippen LogP contribution < -0.4 is 0 Å². The van der Waals surface area contributed by atoms with E-state index < -0.39 is 0 Å². The van der Waals surface area contributed by atoms with Crippen molar-refractivity contribution in [2.24, 2.45) is 5.92 Å². The molecular weight excluding hydrogens is 318 g/mol. The van der Waals surface area contributed by atoms with Gasteiger partial charge in [-0.25, -0.2) is 0 Å². The van der Waals surface area contributed by atoms with Crippen molar-refractivity contribution in [1.82, 2.24) is 4.90 Å². The molecule has 1 aliphatic rings. The Morgan fingerprint density at radius 3 is 2.30 bits per heavy atom. The standard InChI is InChI=1S/C16H22BrNO2/c1-16(2,13-4-6-14(17)7-5-13)18-10-8-12(9-11-18)15(19)20-3/h4-7,12H,8-11H2,1-3H3. The monoisotopic (exact) mass is 339 g/mol. The van der Waals surface area contributed by atoms with Crippen LogP contribution in [0.25, 0.3) is 0 Å². The van der Waals surface area contributed by atoms with Gasteiger partial charge in [0.1, 0.15) is 0 Å². The molecule has 0 N–H and O–H groups in total. The lowest BCUT2D eigenvalue weighted by Gasteiger charge is -2.42. The molecule has 1 aromatic rings. The normalized spacial score (nSPS) is 18.0. The molecule has 0 aliphatic carbocycles. The zero-order chi connectivity index (χ0) is 14.8. The van der Waals surface area contributed by atoms with Crippen molar-refractivity contribution in [3.8, 4) is 0 Å². The molecule has 0 atom stereocenters. The molecule has 0 amide bonds. The lowest BCUT2D eigenvalue weighted by Crippen LogP contribution is -2.47. The molecular formula is C16H22BrNO2. The second kappa shape index (κ2) is 6.27. The third kappa shape index (κ3) is 3.23. The van der Waals surface area contributed by atoms with Gasteiger partial charge < -0.3 is 4.74 Å². The second-order valence-electron chi connectivity index (χ2n) is 5.85. The van der Waals surface area contributed by atoms with Crippen molar-refractivity contribution in [2.75, 3.05) is 20.2 Å². The molecule has 20 heavy (non-hydrogen) atoms. The largest absolute Gasteiger partial charge is 0.469 e. The molecule has 0 spiro atoms. The van der Waals surface area contributed by atoms with Crippen LogP contribution in [0.3, 0.4) is 0 Å². The highest BCUT2D eigenvalue weighted by molar-refractivity contribution is 9.10. The Morgan fingerprint density at radius 1 is 1.25 bits per heavy atom. The Kier molecular flexibility index (Phi) is 4.86. The van der Waals surface area contributed by atoms with E-state index in [9.17, 15) is 4.79 Å². The number of benzene rings is 1. The lowest BCUT2D eigenvalue weighted by atomic mass is 9.87. The zero-order valence-corrected chi connectivity index (χ0v) is 13.9. The molecule has 0 bridgehead atoms. The molecule has 1 saturated heterocycles. The fraction of sp³-hybridized carbons (Fsp3) is 0.562. The van der Waals surface area contributed by atoms with Crippen molar-refractivity contribution in [2.45, 2.75) is 32.2 Å². The maximum absolute atomic E-state index is 11.6. The molecule has 0 aromatic heterocycles. The summed E-state index contributed by atoms with van der Waals surface area (Å²) in [4.78, 5) is 14.0. The van der Waals surface area contributed by atoms with Crippen molar-refractivity contribution >= 4 is 21.9 Å². The number of carbonyl (C=O) groups excluding carboxylic acids is 1. The number of carbonyl (C=O) groups is 1. The van der Waals surface area contributed by atoms with Crippen LogP contribution in [-0.2, 0) is 15.1 Å². The fourth-order valence-corrected chi connectivity index (χ4v) is 3.15. The smallest absolute Gasteiger partial charge is 0.308 e. The highest BCUT2D eigenvalue weighted by Gasteiger charge is 2.34. The number of likely N-dealkylation sites (tertiary alicyclic amines) is 1. The predicted molar refractivity (Wildman–Crippen MR) is 83.5 cm³/mol. The summed E-state index contributed by atoms with van der Waals surface area (Å²) in [6.45, 7) is 6.36. The van der Waals surface area contributed by atoms with Gasteiger partial charge in [-0.1, -0.05) is 28.1 Å². The minimum Gasteiger partial charge on any atom is -0.469 e. The third-order valence-electron chi connectivity index (χ3n) is 4.37. The zero-order valence-electron chi connectivity index (χ0n) is 12.4. The van der Waals surface area contributed by atoms with Crippen molar-refractivity contribution in [3.63, 3.8) is 0 Å². The summed E-state index contributed by atoms with van der Waals surface area (Å²) in [5.41, 5.74) is 1.29. The first-order valence-electron chi connectivity index (χ1n) is 7.04. The first-order valence-corrected chi connectivity index (χ1v) is 7.83. The highest BCUT2D eigenvalue weighted by Crippen LogP contribution is 2.32. The number of hydrogen-bond acceptors (Lipinski definition) is 3. The van der Waals surface area contributed by atoms with E-state index in [1.165, 1.54) is 12.7 Å². The Bertz CT molecular complexity index is 462. The van der Waals surface area contributed by atoms with Crippen molar-refractivity contribution in [1.29, 1.82) is 0 Å². The topological polar surface area (TPSA) is 29.5 Å². The molecule has 1 heterocycles. The summed E-state index contributed by atoms with van der Waals surface area (Å²) >= 11 is 3.47. The molecule has 2 rings (SSSR count). The number of ether oxygens (including phenoxy) is 1. The van der Waals surface area contributed by atoms with Gasteiger partial charge in [0, 0.05) is 10.0 Å². The number of halogens is 1. The van der Waals surface area contributed by atoms with E-state index in [0.717, 1.165) is 30.4 Å². The first kappa shape index (κ1) is 15.5. The molecule has 3 nitrogen and oxygen atoms in total. The van der Waals surface area contributed by atoms with Gasteiger partial charge in [-0.3, -0.25) is 9.69 Å². The van der Waals surface area contributed by atoms with Crippen LogP contribution in [0.4, 0.5) is 0 Å². The number of methoxy groups -OCH3 is 1. The minimum atomic E-state index is -0.0638. The van der Waals surface area contributed by atoms with Crippen LogP contribution >= 0.6 is 15.9 Å². The van der Waals surface area contributed by atoms with Crippen LogP contribution in [0.15, 0.2) is 28.7 Å². The quantitative estimate of drug-likeness (QED) is 0.788. The highest BCUT2D eigenvalue weighted by atomic mass is 79.9. The summed E-state index contributed by atoms with van der Waals surface area (Å²) < 4.78 is 5.94. The van der Waals surface area contributed by atoms with E-state index in [2.05, 4.69) is 58.9 Å². The number of piperidine rings is 1. The third-order valence-corrected chi connectivity index (χ3v) is 4.90. The van der Waals surface area contributed by atoms with Gasteiger partial charge >= 0.3 is 5.97 Å². The van der Waals surface area contributed by atoms with Gasteiger partial charge in [0.05, 0.1) is 13.0 Å². The van der Waals surface area contributed by atoms with Gasteiger partial charge in [0.25, 0.3) is 0 Å². The van der Waals surface area contributed by atoms with Gasteiger partial charge in [0.15, 0.2) is 0 Å². The molecule has 0 unspecified atom stereocenters. The van der Waals surface area contributed by atoms with E-state index in [4.69, 9.17) is 4.74 Å². The number of hydrogen-bond donors (Lipinski definition) is 0. The van der Waals surface area contributed by atoms with Crippen LogP contribution in [0, 0.1) is 5.92 Å². The SMILES string of the molecule is COC(=O)C1CCN(C(C)(C)c2ccc(Br)cc2)CC1. The second-order valence-corrected chi connectivity index (χ2v) is 6.77. The van der Waals surface area contributed by atoms with Crippen molar-refractivity contribution < 1.29 is 9.53 Å². The van der Waals surface area contributed by atoms with Crippen LogP contribution in [-0.4, -0.2) is 31.1 Å². The molecule has 4 heteroatoms. The summed E-state index contributed by atoms with van der Waals surface area (Å²) in [5.74, 6) is 0.00284. The lowest BCUT2D eigenvalue weighted by molar-refractivity contribution is -0.147. The molecule has 110 valence electrons. The Balaban J connectivity index is 2.05. The maximum atomic E-state index is 11.6. The Labute approximate surface area is 129 Å². The number of nitrogens with zero attached hydrogens (tertiary/aromatic N) is 1. The van der Waals surface area contributed by atoms with Crippen molar-refractivity contribution in [3.05, 3.63) is 34.3 Å². The van der Waals surface area contributed by atoms with Crippen LogP contribution in [0.1, 0.15) is 32.3 Å². The van der Waals surface area contributed by atoms with Gasteiger partial charge in [-0.15, -0.1) is 0 Å². The average molecular weight is 340 g/mol. The summed E-state index contributed by atoms with van der Waals surface area (Å²) in [7, 11) is 1.47. The van der Waals surface area contributed by atoms with E-state index in [0.29, 0.717) is 0 Å². The van der Waals surface area contributed by atoms with Gasteiger partial charge in [-0.05, 0) is 57.5 Å². The Hall–Kier alpha value is -0.870. The number of esters is 1. The summed E-state index contributed by atoms with van der Waals surface area (Å²) in [6.07, 6.45) is 1.76. The summed E-state index contributed by atoms with van der Waals surface area (Å²) in [5, 5.41) is 0. The van der Waals surface area contributed by atoms with Crippen LogP contribution in [0.5, 0.6) is 0 Å². The molecule has 1 aliphatic heterocycles. The van der Waals surface area contributed by atoms with E-state index >= 15 is 0 Å². The van der Waals surface area contributed by atoms with Gasteiger partial charge in [-0.2, -0.15) is 0 Å².